The van der Waals surface area contributed by atoms with Gasteiger partial charge in [-0.25, -0.2) is 22.0 Å². The quantitative estimate of drug-likeness (QED) is 0.0835. The molecule has 1 saturated carbocycles. The van der Waals surface area contributed by atoms with Crippen LogP contribution in [-0.2, 0) is 0 Å². The SMILES string of the molecule is CC[Si](C)(CC)CCCCCCCC[Si](Oc1c(F)c(F)c(F)c2cc(F)c(F)c(F)c12)(C(C)C)C1CCCCC1. The minimum Gasteiger partial charge on any atom is -0.540 e. The Morgan fingerprint density at radius 2 is 1.29 bits per heavy atom. The van der Waals surface area contributed by atoms with Gasteiger partial charge in [-0.05, 0) is 36.0 Å². The zero-order valence-electron chi connectivity index (χ0n) is 25.5. The predicted molar refractivity (Wildman–Crippen MR) is 162 cm³/mol. The molecule has 0 N–H and O–H groups in total. The van der Waals surface area contributed by atoms with E-state index >= 15 is 8.78 Å². The van der Waals surface area contributed by atoms with Crippen LogP contribution in [0.4, 0.5) is 26.3 Å². The Morgan fingerprint density at radius 1 is 0.732 bits per heavy atom. The number of fused-ring (bicyclic) bond motifs is 1. The Bertz CT molecular complexity index is 1160. The average molecular weight is 619 g/mol. The van der Waals surface area contributed by atoms with E-state index in [9.17, 15) is 17.6 Å². The van der Waals surface area contributed by atoms with Crippen LogP contribution in [-0.4, -0.2) is 16.4 Å². The van der Waals surface area contributed by atoms with Crippen LogP contribution < -0.4 is 4.43 Å². The Kier molecular flexibility index (Phi) is 12.3. The molecule has 1 aliphatic carbocycles. The van der Waals surface area contributed by atoms with Gasteiger partial charge in [-0.1, -0.05) is 110 Å². The van der Waals surface area contributed by atoms with Gasteiger partial charge in [0.05, 0.1) is 5.39 Å². The lowest BCUT2D eigenvalue weighted by Gasteiger charge is -2.44. The molecule has 9 heteroatoms. The highest BCUT2D eigenvalue weighted by molar-refractivity contribution is 6.78. The van der Waals surface area contributed by atoms with Crippen LogP contribution in [0.15, 0.2) is 6.07 Å². The third kappa shape index (κ3) is 7.54. The van der Waals surface area contributed by atoms with Crippen molar-refractivity contribution in [2.75, 3.05) is 0 Å². The van der Waals surface area contributed by atoms with E-state index in [0.717, 1.165) is 57.8 Å². The van der Waals surface area contributed by atoms with Crippen LogP contribution >= 0.6 is 0 Å². The van der Waals surface area contributed by atoms with E-state index in [1.165, 1.54) is 31.0 Å². The maximum Gasteiger partial charge on any atom is 0.256 e. The maximum atomic E-state index is 15.4. The minimum atomic E-state index is -2.97. The second kappa shape index (κ2) is 14.8. The van der Waals surface area contributed by atoms with Gasteiger partial charge in [-0.2, -0.15) is 4.39 Å². The Labute approximate surface area is 244 Å². The monoisotopic (exact) mass is 618 g/mol. The number of rotatable bonds is 15. The van der Waals surface area contributed by atoms with Crippen molar-refractivity contribution >= 4 is 27.2 Å². The van der Waals surface area contributed by atoms with Crippen molar-refractivity contribution in [1.29, 1.82) is 0 Å². The first kappa shape index (κ1) is 34.0. The first-order valence-electron chi connectivity index (χ1n) is 15.7. The summed E-state index contributed by atoms with van der Waals surface area (Å²) in [5.41, 5.74) is 0.0881. The van der Waals surface area contributed by atoms with Crippen LogP contribution in [0, 0.1) is 34.9 Å². The van der Waals surface area contributed by atoms with E-state index < -0.39 is 67.8 Å². The number of benzene rings is 2. The average Bonchev–Trinajstić information content (AvgIpc) is 2.97. The van der Waals surface area contributed by atoms with Crippen molar-refractivity contribution in [2.45, 2.75) is 140 Å². The summed E-state index contributed by atoms with van der Waals surface area (Å²) in [6.07, 6.45) is 11.3. The van der Waals surface area contributed by atoms with Gasteiger partial charge in [0.1, 0.15) is 0 Å². The predicted octanol–water partition coefficient (Wildman–Crippen LogP) is 12.2. The van der Waals surface area contributed by atoms with Gasteiger partial charge in [-0.3, -0.25) is 0 Å². The normalized spacial score (nSPS) is 16.5. The third-order valence-electron chi connectivity index (χ3n) is 10.1. The largest absolute Gasteiger partial charge is 0.540 e. The highest BCUT2D eigenvalue weighted by Crippen LogP contribution is 2.49. The molecule has 0 heterocycles. The standard InChI is InChI=1S/C32H48F6OSi2/c1-6-40(5,7-2)19-15-10-8-9-11-16-20-41(22(3)4,23-17-13-12-14-18-23)39-32-26-24(27(34)30(37)31(32)38)21-25(33)28(35)29(26)36/h21-23H,6-20H2,1-5H3. The van der Waals surface area contributed by atoms with Gasteiger partial charge >= 0.3 is 0 Å². The van der Waals surface area contributed by atoms with E-state index in [0.29, 0.717) is 12.1 Å². The molecule has 0 spiro atoms. The zero-order chi connectivity index (χ0) is 30.4. The van der Waals surface area contributed by atoms with E-state index in [1.54, 1.807) is 0 Å². The smallest absolute Gasteiger partial charge is 0.256 e. The Balaban J connectivity index is 1.86. The molecule has 1 nitrogen and oxygen atoms in total. The summed E-state index contributed by atoms with van der Waals surface area (Å²) in [5, 5.41) is -1.71. The Hall–Kier alpha value is -1.49. The van der Waals surface area contributed by atoms with Crippen molar-refractivity contribution in [1.82, 2.24) is 0 Å². The van der Waals surface area contributed by atoms with Crippen molar-refractivity contribution in [3.05, 3.63) is 41.0 Å². The summed E-state index contributed by atoms with van der Waals surface area (Å²) in [6, 6.07) is 5.06. The van der Waals surface area contributed by atoms with Gasteiger partial charge < -0.3 is 4.43 Å². The summed E-state index contributed by atoms with van der Waals surface area (Å²) >= 11 is 0. The summed E-state index contributed by atoms with van der Waals surface area (Å²) in [7, 11) is -4.04. The number of halogens is 6. The molecule has 1 unspecified atom stereocenters. The minimum absolute atomic E-state index is 0.0350. The van der Waals surface area contributed by atoms with Crippen LogP contribution in [0.25, 0.3) is 10.8 Å². The summed E-state index contributed by atoms with van der Waals surface area (Å²) < 4.78 is 94.6. The second-order valence-electron chi connectivity index (χ2n) is 12.9. The van der Waals surface area contributed by atoms with Crippen LogP contribution in [0.2, 0.25) is 41.8 Å². The third-order valence-corrected chi connectivity index (χ3v) is 20.7. The highest BCUT2D eigenvalue weighted by atomic mass is 28.4. The molecule has 0 aromatic heterocycles. The molecule has 0 bridgehead atoms. The van der Waals surface area contributed by atoms with Crippen molar-refractivity contribution in [2.24, 2.45) is 0 Å². The molecule has 3 rings (SSSR count). The molecule has 1 atom stereocenters. The summed E-state index contributed by atoms with van der Waals surface area (Å²) in [6.45, 7) is 11.1. The molecular formula is C32H48F6OSi2. The molecule has 41 heavy (non-hydrogen) atoms. The Morgan fingerprint density at radius 3 is 1.85 bits per heavy atom. The maximum absolute atomic E-state index is 15.4. The van der Waals surface area contributed by atoms with Crippen molar-refractivity contribution in [3.63, 3.8) is 0 Å². The second-order valence-corrected chi connectivity index (χ2v) is 23.0. The van der Waals surface area contributed by atoms with Crippen molar-refractivity contribution in [3.8, 4) is 5.75 Å². The van der Waals surface area contributed by atoms with Crippen LogP contribution in [0.3, 0.4) is 0 Å². The molecule has 1 aliphatic rings. The molecule has 2 aromatic carbocycles. The van der Waals surface area contributed by atoms with Gasteiger partial charge in [0, 0.05) is 13.5 Å². The van der Waals surface area contributed by atoms with E-state index in [-0.39, 0.29) is 11.1 Å². The van der Waals surface area contributed by atoms with Gasteiger partial charge in [-0.15, -0.1) is 0 Å². The first-order chi connectivity index (χ1) is 19.4. The highest BCUT2D eigenvalue weighted by Gasteiger charge is 2.49. The van der Waals surface area contributed by atoms with Crippen LogP contribution in [0.5, 0.6) is 5.75 Å². The topological polar surface area (TPSA) is 9.23 Å². The lowest BCUT2D eigenvalue weighted by Crippen LogP contribution is -2.50. The fourth-order valence-corrected chi connectivity index (χ4v) is 14.3. The lowest BCUT2D eigenvalue weighted by atomic mass is 10.0. The molecule has 232 valence electrons. The number of unbranched alkanes of at least 4 members (excludes halogenated alkanes) is 5. The van der Waals surface area contributed by atoms with Crippen LogP contribution in [0.1, 0.15) is 98.3 Å². The van der Waals surface area contributed by atoms with E-state index in [2.05, 4.69) is 20.4 Å². The molecule has 0 saturated heterocycles. The van der Waals surface area contributed by atoms with E-state index in [4.69, 9.17) is 4.43 Å². The number of hydrogen-bond donors (Lipinski definition) is 0. The fraction of sp³-hybridized carbons (Fsp3) is 0.688. The molecule has 1 fully saturated rings. The van der Waals surface area contributed by atoms with Crippen molar-refractivity contribution < 1.29 is 30.8 Å². The summed E-state index contributed by atoms with van der Waals surface area (Å²) in [4.78, 5) is 0. The zero-order valence-corrected chi connectivity index (χ0v) is 27.5. The molecule has 0 radical (unpaired) electrons. The fourth-order valence-electron chi connectivity index (χ4n) is 6.77. The molecule has 0 aliphatic heterocycles. The molecular weight excluding hydrogens is 571 g/mol. The molecule has 0 amide bonds. The van der Waals surface area contributed by atoms with E-state index in [1.807, 2.05) is 13.8 Å². The van der Waals surface area contributed by atoms with Gasteiger partial charge in [0.2, 0.25) is 5.82 Å². The molecule has 2 aromatic rings. The lowest BCUT2D eigenvalue weighted by molar-refractivity contribution is 0.383. The van der Waals surface area contributed by atoms with Gasteiger partial charge in [0.25, 0.3) is 8.32 Å². The van der Waals surface area contributed by atoms with Gasteiger partial charge in [0.15, 0.2) is 34.8 Å². The summed E-state index contributed by atoms with van der Waals surface area (Å²) in [5.74, 6) is -11.4. The first-order valence-corrected chi connectivity index (χ1v) is 21.1. The number of hydrogen-bond acceptors (Lipinski definition) is 1.